The lowest BCUT2D eigenvalue weighted by Crippen LogP contribution is -2.48. The normalized spacial score (nSPS) is 16.5. The lowest BCUT2D eigenvalue weighted by atomic mass is 9.98. The number of rotatable bonds is 4. The van der Waals surface area contributed by atoms with Crippen molar-refractivity contribution in [2.24, 2.45) is 0 Å². The molecule has 0 aromatic heterocycles. The van der Waals surface area contributed by atoms with E-state index in [9.17, 15) is 4.79 Å². The van der Waals surface area contributed by atoms with Crippen molar-refractivity contribution < 1.29 is 9.90 Å². The molecule has 0 fully saturated rings. The third-order valence-corrected chi connectivity index (χ3v) is 2.27. The van der Waals surface area contributed by atoms with Gasteiger partial charge < -0.3 is 5.11 Å². The summed E-state index contributed by atoms with van der Waals surface area (Å²) in [5.41, 5.74) is -0.776. The first-order chi connectivity index (χ1) is 4.95. The molecule has 0 aromatic rings. The summed E-state index contributed by atoms with van der Waals surface area (Å²) in [5.74, 6) is -0.211. The molecule has 0 aliphatic heterocycles. The Labute approximate surface area is 72.8 Å². The summed E-state index contributed by atoms with van der Waals surface area (Å²) in [7, 11) is 3.52. The number of hydrogen-bond donors (Lipinski definition) is 2. The van der Waals surface area contributed by atoms with Crippen LogP contribution in [0.3, 0.4) is 0 Å². The van der Waals surface area contributed by atoms with Gasteiger partial charge in [-0.15, -0.1) is 0 Å². The van der Waals surface area contributed by atoms with E-state index in [2.05, 4.69) is 12.6 Å². The van der Waals surface area contributed by atoms with Crippen molar-refractivity contribution in [2.45, 2.75) is 18.9 Å². The molecule has 0 amide bonds. The van der Waals surface area contributed by atoms with E-state index in [-0.39, 0.29) is 0 Å². The second kappa shape index (κ2) is 3.97. The van der Waals surface area contributed by atoms with E-state index < -0.39 is 11.5 Å². The predicted octanol–water partition coefficient (Wildman–Crippen LogP) is 0.711. The number of likely N-dealkylation sites (N-methyl/N-ethyl adjacent to an activating group) is 1. The van der Waals surface area contributed by atoms with Crippen molar-refractivity contribution in [3.63, 3.8) is 0 Å². The lowest BCUT2D eigenvalue weighted by Gasteiger charge is -2.31. The first-order valence-corrected chi connectivity index (χ1v) is 4.10. The highest BCUT2D eigenvalue weighted by Crippen LogP contribution is 2.16. The molecule has 4 heteroatoms. The number of hydrogen-bond acceptors (Lipinski definition) is 3. The minimum absolute atomic E-state index is 0.554. The fraction of sp³-hybridized carbons (Fsp3) is 0.857. The topological polar surface area (TPSA) is 40.5 Å². The Bertz CT molecular complexity index is 149. The highest BCUT2D eigenvalue weighted by molar-refractivity contribution is 7.80. The number of thiol groups is 1. The van der Waals surface area contributed by atoms with Gasteiger partial charge in [0.25, 0.3) is 0 Å². The van der Waals surface area contributed by atoms with E-state index in [1.54, 1.807) is 25.9 Å². The Kier molecular flexibility index (Phi) is 3.89. The van der Waals surface area contributed by atoms with Crippen LogP contribution in [-0.2, 0) is 4.79 Å². The van der Waals surface area contributed by atoms with Gasteiger partial charge >= 0.3 is 5.97 Å². The third-order valence-electron chi connectivity index (χ3n) is 2.05. The monoisotopic (exact) mass is 177 g/mol. The van der Waals surface area contributed by atoms with Crippen molar-refractivity contribution in [1.29, 1.82) is 0 Å². The fourth-order valence-corrected chi connectivity index (χ4v) is 1.17. The maximum absolute atomic E-state index is 10.8. The molecule has 1 unspecified atom stereocenters. The summed E-state index contributed by atoms with van der Waals surface area (Å²) in [5, 5.41) is 8.86. The Morgan fingerprint density at radius 1 is 1.64 bits per heavy atom. The summed E-state index contributed by atoms with van der Waals surface area (Å²) in [6.45, 7) is 1.70. The lowest BCUT2D eigenvalue weighted by molar-refractivity contribution is -0.148. The largest absolute Gasteiger partial charge is 0.480 e. The van der Waals surface area contributed by atoms with Gasteiger partial charge in [0.2, 0.25) is 0 Å². The van der Waals surface area contributed by atoms with Gasteiger partial charge in [0.15, 0.2) is 0 Å². The van der Waals surface area contributed by atoms with Gasteiger partial charge in [-0.05, 0) is 33.2 Å². The van der Waals surface area contributed by atoms with Crippen molar-refractivity contribution in [3.05, 3.63) is 0 Å². The molecule has 3 nitrogen and oxygen atoms in total. The quantitative estimate of drug-likeness (QED) is 0.621. The molecule has 0 saturated carbocycles. The first-order valence-electron chi connectivity index (χ1n) is 3.47. The van der Waals surface area contributed by atoms with Gasteiger partial charge in [0.1, 0.15) is 5.54 Å². The molecule has 0 aromatic carbocycles. The minimum Gasteiger partial charge on any atom is -0.480 e. The molecule has 0 rings (SSSR count). The van der Waals surface area contributed by atoms with E-state index >= 15 is 0 Å². The molecule has 0 aliphatic rings. The summed E-state index contributed by atoms with van der Waals surface area (Å²) < 4.78 is 0. The molecule has 11 heavy (non-hydrogen) atoms. The first kappa shape index (κ1) is 10.8. The number of nitrogens with zero attached hydrogens (tertiary/aromatic N) is 1. The average Bonchev–Trinajstić information content (AvgIpc) is 1.87. The molecule has 0 heterocycles. The van der Waals surface area contributed by atoms with Crippen LogP contribution in [0.1, 0.15) is 13.3 Å². The summed E-state index contributed by atoms with van der Waals surface area (Å²) in [4.78, 5) is 12.5. The molecule has 66 valence electrons. The van der Waals surface area contributed by atoms with Gasteiger partial charge in [-0.3, -0.25) is 9.69 Å². The highest BCUT2D eigenvalue weighted by atomic mass is 32.1. The SMILES string of the molecule is CN(C)C(C)(CCS)C(=O)O. The third kappa shape index (κ3) is 2.38. The number of carboxylic acid groups (broad SMARTS) is 1. The highest BCUT2D eigenvalue weighted by Gasteiger charge is 2.34. The Morgan fingerprint density at radius 2 is 2.09 bits per heavy atom. The number of aliphatic carboxylic acids is 1. The Hall–Kier alpha value is -0.220. The molecular formula is C7H15NO2S. The van der Waals surface area contributed by atoms with E-state index in [0.29, 0.717) is 12.2 Å². The Balaban J connectivity index is 4.38. The zero-order valence-corrected chi connectivity index (χ0v) is 8.06. The molecule has 0 saturated heterocycles. The number of carboxylic acids is 1. The second-order valence-electron chi connectivity index (χ2n) is 2.95. The van der Waals surface area contributed by atoms with Gasteiger partial charge in [0.05, 0.1) is 0 Å². The van der Waals surface area contributed by atoms with E-state index in [1.165, 1.54) is 0 Å². The van der Waals surface area contributed by atoms with E-state index in [1.807, 2.05) is 0 Å². The van der Waals surface area contributed by atoms with Crippen LogP contribution in [-0.4, -0.2) is 41.4 Å². The van der Waals surface area contributed by atoms with E-state index in [0.717, 1.165) is 0 Å². The van der Waals surface area contributed by atoms with Gasteiger partial charge in [-0.2, -0.15) is 12.6 Å². The van der Waals surface area contributed by atoms with Gasteiger partial charge in [-0.1, -0.05) is 0 Å². The molecule has 0 bridgehead atoms. The maximum atomic E-state index is 10.8. The summed E-state index contributed by atoms with van der Waals surface area (Å²) >= 11 is 4.01. The zero-order chi connectivity index (χ0) is 9.07. The molecule has 0 spiro atoms. The molecule has 0 radical (unpaired) electrons. The van der Waals surface area contributed by atoms with Crippen LogP contribution in [0.25, 0.3) is 0 Å². The van der Waals surface area contributed by atoms with Crippen LogP contribution >= 0.6 is 12.6 Å². The van der Waals surface area contributed by atoms with Crippen LogP contribution in [0, 0.1) is 0 Å². The molecule has 1 N–H and O–H groups in total. The minimum atomic E-state index is -0.795. The fourth-order valence-electron chi connectivity index (χ4n) is 0.740. The molecular weight excluding hydrogens is 162 g/mol. The molecule has 1 atom stereocenters. The Morgan fingerprint density at radius 3 is 2.18 bits per heavy atom. The molecule has 0 aliphatic carbocycles. The van der Waals surface area contributed by atoms with Crippen molar-refractivity contribution >= 4 is 18.6 Å². The summed E-state index contributed by atoms with van der Waals surface area (Å²) in [6, 6.07) is 0. The van der Waals surface area contributed by atoms with Gasteiger partial charge in [0, 0.05) is 0 Å². The van der Waals surface area contributed by atoms with Gasteiger partial charge in [-0.25, -0.2) is 0 Å². The van der Waals surface area contributed by atoms with Crippen LogP contribution in [0.4, 0.5) is 0 Å². The van der Waals surface area contributed by atoms with Crippen LogP contribution < -0.4 is 0 Å². The van der Waals surface area contributed by atoms with Crippen LogP contribution in [0.5, 0.6) is 0 Å². The average molecular weight is 177 g/mol. The van der Waals surface area contributed by atoms with Crippen molar-refractivity contribution in [3.8, 4) is 0 Å². The summed E-state index contributed by atoms with van der Waals surface area (Å²) in [6.07, 6.45) is 0.554. The second-order valence-corrected chi connectivity index (χ2v) is 3.39. The van der Waals surface area contributed by atoms with E-state index in [4.69, 9.17) is 5.11 Å². The maximum Gasteiger partial charge on any atom is 0.323 e. The zero-order valence-electron chi connectivity index (χ0n) is 7.16. The van der Waals surface area contributed by atoms with Crippen LogP contribution in [0.15, 0.2) is 0 Å². The smallest absolute Gasteiger partial charge is 0.323 e. The van der Waals surface area contributed by atoms with Crippen molar-refractivity contribution in [2.75, 3.05) is 19.8 Å². The van der Waals surface area contributed by atoms with Crippen LogP contribution in [0.2, 0.25) is 0 Å². The van der Waals surface area contributed by atoms with Crippen molar-refractivity contribution in [1.82, 2.24) is 4.90 Å². The number of carbonyl (C=O) groups is 1. The predicted molar refractivity (Wildman–Crippen MR) is 48.2 cm³/mol. The standard InChI is InChI=1S/C7H15NO2S/c1-7(4-5-11,6(9)10)8(2)3/h11H,4-5H2,1-3H3,(H,9,10).